The molecule has 3 aliphatic rings. The number of ether oxygens (including phenoxy) is 2. The van der Waals surface area contributed by atoms with Crippen LogP contribution in [0.2, 0.25) is 0 Å². The number of urea groups is 1. The van der Waals surface area contributed by atoms with Gasteiger partial charge in [0.1, 0.15) is 19.1 Å². The number of carbonyl (C=O) groups excluding carboxylic acids is 3. The molecule has 8 heteroatoms. The first-order chi connectivity index (χ1) is 14.6. The number of nitrogens with zero attached hydrogens (tertiary/aromatic N) is 1. The number of amides is 3. The summed E-state index contributed by atoms with van der Waals surface area (Å²) in [5.41, 5.74) is 0.770. The number of Topliss-reactive ketones (excluding diaryl/α,β-unsaturated/α-hetero) is 1. The molecule has 5 rings (SSSR count). The van der Waals surface area contributed by atoms with Crippen molar-refractivity contribution in [3.63, 3.8) is 0 Å². The van der Waals surface area contributed by atoms with E-state index < -0.39 is 23.6 Å². The predicted octanol–water partition coefficient (Wildman–Crippen LogP) is 3.41. The maximum Gasteiger partial charge on any atom is 0.329 e. The zero-order valence-electron chi connectivity index (χ0n) is 16.4. The first kappa shape index (κ1) is 18.7. The Morgan fingerprint density at radius 3 is 2.47 bits per heavy atom. The molecular formula is C22H22N2O6. The molecule has 2 aliphatic heterocycles. The summed E-state index contributed by atoms with van der Waals surface area (Å²) < 4.78 is 16.5. The largest absolute Gasteiger partial charge is 0.486 e. The fourth-order valence-electron chi connectivity index (χ4n) is 4.41. The standard InChI is InChI=1S/C22H22N2O6/c25-20(16-7-4-8-28-16)19-14-11-17-18(30-10-9-29-17)12-15(14)24(21(19)26)22(27)23-13-5-2-1-3-6-13/h4,7-8,11-13,19H,1-3,5-6,9-10H2,(H,23,27). The van der Waals surface area contributed by atoms with Gasteiger partial charge >= 0.3 is 6.03 Å². The minimum atomic E-state index is -1.17. The molecule has 1 saturated carbocycles. The third-order valence-corrected chi connectivity index (χ3v) is 5.87. The van der Waals surface area contributed by atoms with Crippen LogP contribution in [0.1, 0.15) is 54.1 Å². The minimum absolute atomic E-state index is 0.0273. The highest BCUT2D eigenvalue weighted by Crippen LogP contribution is 2.46. The van der Waals surface area contributed by atoms with E-state index in [4.69, 9.17) is 13.9 Å². The molecule has 8 nitrogen and oxygen atoms in total. The van der Waals surface area contributed by atoms with Crippen LogP contribution in [0.5, 0.6) is 11.5 Å². The summed E-state index contributed by atoms with van der Waals surface area (Å²) in [7, 11) is 0. The number of anilines is 1. The monoisotopic (exact) mass is 410 g/mol. The quantitative estimate of drug-likeness (QED) is 0.615. The smallest absolute Gasteiger partial charge is 0.329 e. The lowest BCUT2D eigenvalue weighted by Gasteiger charge is -2.26. The lowest BCUT2D eigenvalue weighted by molar-refractivity contribution is -0.117. The summed E-state index contributed by atoms with van der Waals surface area (Å²) in [5.74, 6) is -1.27. The molecule has 1 aromatic heterocycles. The number of rotatable bonds is 3. The Labute approximate surface area is 173 Å². The number of benzene rings is 1. The molecule has 3 heterocycles. The topological polar surface area (TPSA) is 98.1 Å². The van der Waals surface area contributed by atoms with Crippen LogP contribution in [0.25, 0.3) is 0 Å². The average molecular weight is 410 g/mol. The van der Waals surface area contributed by atoms with Crippen LogP contribution in [0, 0.1) is 0 Å². The molecule has 3 amide bonds. The SMILES string of the molecule is O=C(c1ccco1)C1C(=O)N(C(=O)NC2CCCCC2)c2cc3c(cc21)OCCO3. The van der Waals surface area contributed by atoms with Crippen molar-refractivity contribution in [2.24, 2.45) is 0 Å². The fraction of sp³-hybridized carbons (Fsp3) is 0.409. The maximum absolute atomic E-state index is 13.3. The summed E-state index contributed by atoms with van der Waals surface area (Å²) >= 11 is 0. The van der Waals surface area contributed by atoms with E-state index in [0.717, 1.165) is 37.0 Å². The Kier molecular flexibility index (Phi) is 4.69. The third kappa shape index (κ3) is 3.12. The van der Waals surface area contributed by atoms with Gasteiger partial charge < -0.3 is 19.2 Å². The molecule has 1 unspecified atom stereocenters. The van der Waals surface area contributed by atoms with Gasteiger partial charge in [-0.15, -0.1) is 0 Å². The number of nitrogens with one attached hydrogen (secondary N) is 1. The molecule has 0 radical (unpaired) electrons. The summed E-state index contributed by atoms with van der Waals surface area (Å²) in [4.78, 5) is 40.5. The van der Waals surface area contributed by atoms with Gasteiger partial charge in [-0.1, -0.05) is 19.3 Å². The molecular weight excluding hydrogens is 388 g/mol. The average Bonchev–Trinajstić information content (AvgIpc) is 3.38. The Hall–Kier alpha value is -3.29. The van der Waals surface area contributed by atoms with Crippen molar-refractivity contribution < 1.29 is 28.3 Å². The van der Waals surface area contributed by atoms with Crippen molar-refractivity contribution in [2.75, 3.05) is 18.1 Å². The first-order valence-corrected chi connectivity index (χ1v) is 10.3. The number of furan rings is 1. The number of fused-ring (bicyclic) bond motifs is 2. The zero-order valence-corrected chi connectivity index (χ0v) is 16.4. The van der Waals surface area contributed by atoms with E-state index >= 15 is 0 Å². The van der Waals surface area contributed by atoms with E-state index in [1.54, 1.807) is 18.2 Å². The van der Waals surface area contributed by atoms with Gasteiger partial charge in [0.2, 0.25) is 5.78 Å². The van der Waals surface area contributed by atoms with Crippen molar-refractivity contribution in [3.8, 4) is 11.5 Å². The Bertz CT molecular complexity index is 993. The van der Waals surface area contributed by atoms with Gasteiger partial charge in [0, 0.05) is 17.7 Å². The van der Waals surface area contributed by atoms with Crippen LogP contribution >= 0.6 is 0 Å². The molecule has 30 heavy (non-hydrogen) atoms. The number of hydrogen-bond donors (Lipinski definition) is 1. The van der Waals surface area contributed by atoms with Gasteiger partial charge in [-0.05, 0) is 31.0 Å². The van der Waals surface area contributed by atoms with Gasteiger partial charge in [0.15, 0.2) is 17.3 Å². The van der Waals surface area contributed by atoms with Gasteiger partial charge in [0.25, 0.3) is 5.91 Å². The van der Waals surface area contributed by atoms with Gasteiger partial charge in [-0.3, -0.25) is 9.59 Å². The van der Waals surface area contributed by atoms with E-state index in [2.05, 4.69) is 5.32 Å². The van der Waals surface area contributed by atoms with Gasteiger partial charge in [-0.25, -0.2) is 9.69 Å². The van der Waals surface area contributed by atoms with Crippen molar-refractivity contribution in [2.45, 2.75) is 44.1 Å². The molecule has 156 valence electrons. The van der Waals surface area contributed by atoms with E-state index in [9.17, 15) is 14.4 Å². The number of carbonyl (C=O) groups is 3. The molecule has 0 bridgehead atoms. The summed E-state index contributed by atoms with van der Waals surface area (Å²) in [5, 5.41) is 2.97. The second-order valence-corrected chi connectivity index (χ2v) is 7.79. The van der Waals surface area contributed by atoms with Crippen LogP contribution < -0.4 is 19.7 Å². The molecule has 1 aliphatic carbocycles. The molecule has 0 spiro atoms. The highest BCUT2D eigenvalue weighted by atomic mass is 16.6. The Morgan fingerprint density at radius 2 is 1.77 bits per heavy atom. The molecule has 1 fully saturated rings. The fourth-order valence-corrected chi connectivity index (χ4v) is 4.41. The second kappa shape index (κ2) is 7.51. The normalized spacial score (nSPS) is 20.7. The lowest BCUT2D eigenvalue weighted by atomic mass is 9.94. The Balaban J connectivity index is 1.53. The second-order valence-electron chi connectivity index (χ2n) is 7.79. The molecule has 0 saturated heterocycles. The van der Waals surface area contributed by atoms with E-state index in [0.29, 0.717) is 36.0 Å². The predicted molar refractivity (Wildman–Crippen MR) is 106 cm³/mol. The number of hydrogen-bond acceptors (Lipinski definition) is 6. The van der Waals surface area contributed by atoms with E-state index in [1.807, 2.05) is 0 Å². The molecule has 1 N–H and O–H groups in total. The Morgan fingerprint density at radius 1 is 1.03 bits per heavy atom. The number of imide groups is 1. The highest BCUT2D eigenvalue weighted by Gasteiger charge is 2.47. The van der Waals surface area contributed by atoms with Crippen LogP contribution in [0.3, 0.4) is 0 Å². The summed E-state index contributed by atoms with van der Waals surface area (Å²) in [6.45, 7) is 0.755. The zero-order chi connectivity index (χ0) is 20.7. The first-order valence-electron chi connectivity index (χ1n) is 10.3. The van der Waals surface area contributed by atoms with Crippen LogP contribution in [-0.4, -0.2) is 37.0 Å². The molecule has 2 aromatic rings. The molecule has 1 aromatic carbocycles. The van der Waals surface area contributed by atoms with Crippen LogP contribution in [-0.2, 0) is 4.79 Å². The van der Waals surface area contributed by atoms with Crippen LogP contribution in [0.15, 0.2) is 34.9 Å². The van der Waals surface area contributed by atoms with Crippen molar-refractivity contribution in [1.82, 2.24) is 5.32 Å². The van der Waals surface area contributed by atoms with Gasteiger partial charge in [-0.2, -0.15) is 0 Å². The molecule has 1 atom stereocenters. The minimum Gasteiger partial charge on any atom is -0.486 e. The lowest BCUT2D eigenvalue weighted by Crippen LogP contribution is -2.47. The van der Waals surface area contributed by atoms with Gasteiger partial charge in [0.05, 0.1) is 12.0 Å². The highest BCUT2D eigenvalue weighted by molar-refractivity contribution is 6.29. The van der Waals surface area contributed by atoms with Crippen molar-refractivity contribution in [3.05, 3.63) is 41.9 Å². The van der Waals surface area contributed by atoms with E-state index in [1.165, 1.54) is 12.3 Å². The third-order valence-electron chi connectivity index (χ3n) is 5.87. The number of ketones is 1. The maximum atomic E-state index is 13.3. The summed E-state index contributed by atoms with van der Waals surface area (Å²) in [6.07, 6.45) is 6.40. The van der Waals surface area contributed by atoms with E-state index in [-0.39, 0.29) is 11.8 Å². The van der Waals surface area contributed by atoms with Crippen molar-refractivity contribution in [1.29, 1.82) is 0 Å². The van der Waals surface area contributed by atoms with Crippen LogP contribution in [0.4, 0.5) is 10.5 Å². The van der Waals surface area contributed by atoms with Crippen molar-refractivity contribution >= 4 is 23.4 Å². The summed E-state index contributed by atoms with van der Waals surface area (Å²) in [6, 6.07) is 5.85.